The molecule has 1 aliphatic heterocycles. The quantitative estimate of drug-likeness (QED) is 0.624. The fraction of sp³-hybridized carbons (Fsp3) is 0.438. The molecule has 6 nitrogen and oxygen atoms in total. The van der Waals surface area contributed by atoms with Crippen LogP contribution in [0.1, 0.15) is 30.6 Å². The Hall–Kier alpha value is -2.37. The van der Waals surface area contributed by atoms with Gasteiger partial charge in [0.05, 0.1) is 0 Å². The molecule has 0 bridgehead atoms. The molecule has 0 aromatic heterocycles. The lowest BCUT2D eigenvalue weighted by Gasteiger charge is -2.34. The van der Waals surface area contributed by atoms with Crippen LogP contribution in [0.25, 0.3) is 0 Å². The van der Waals surface area contributed by atoms with Gasteiger partial charge >= 0.3 is 5.97 Å². The third kappa shape index (κ3) is 3.84. The van der Waals surface area contributed by atoms with E-state index in [4.69, 9.17) is 4.74 Å². The van der Waals surface area contributed by atoms with Crippen LogP contribution in [-0.4, -0.2) is 53.8 Å². The van der Waals surface area contributed by atoms with E-state index < -0.39 is 5.97 Å². The molecule has 2 rings (SSSR count). The Balaban J connectivity index is 2.01. The third-order valence-electron chi connectivity index (χ3n) is 3.56. The van der Waals surface area contributed by atoms with Gasteiger partial charge in [0.1, 0.15) is 5.75 Å². The minimum Gasteiger partial charge on any atom is -0.427 e. The van der Waals surface area contributed by atoms with E-state index in [0.29, 0.717) is 43.9 Å². The van der Waals surface area contributed by atoms with Gasteiger partial charge in [-0.15, -0.1) is 0 Å². The lowest BCUT2D eigenvalue weighted by molar-refractivity contribution is -0.132. The maximum absolute atomic E-state index is 12.5. The number of nitrogens with zero attached hydrogens (tertiary/aromatic N) is 2. The molecular weight excluding hydrogens is 284 g/mol. The third-order valence-corrected chi connectivity index (χ3v) is 3.56. The summed E-state index contributed by atoms with van der Waals surface area (Å²) < 4.78 is 4.99. The van der Waals surface area contributed by atoms with E-state index in [2.05, 4.69) is 0 Å². The normalized spacial score (nSPS) is 14.6. The summed E-state index contributed by atoms with van der Waals surface area (Å²) in [7, 11) is 0. The molecule has 0 aliphatic carbocycles. The van der Waals surface area contributed by atoms with Gasteiger partial charge in [0.25, 0.3) is 5.91 Å². The van der Waals surface area contributed by atoms with Crippen molar-refractivity contribution in [1.82, 2.24) is 9.80 Å². The molecule has 0 radical (unpaired) electrons. The number of rotatable bonds is 3. The van der Waals surface area contributed by atoms with Gasteiger partial charge in [0.2, 0.25) is 5.91 Å². The number of carbonyl (C=O) groups excluding carboxylic acids is 3. The highest BCUT2D eigenvalue weighted by molar-refractivity contribution is 5.95. The van der Waals surface area contributed by atoms with Crippen molar-refractivity contribution >= 4 is 17.8 Å². The Labute approximate surface area is 129 Å². The maximum atomic E-state index is 12.5. The molecule has 118 valence electrons. The summed E-state index contributed by atoms with van der Waals surface area (Å²) in [6, 6.07) is 6.57. The molecule has 0 atom stereocenters. The first-order valence-corrected chi connectivity index (χ1v) is 7.36. The topological polar surface area (TPSA) is 66.9 Å². The number of esters is 1. The molecule has 1 aliphatic rings. The summed E-state index contributed by atoms with van der Waals surface area (Å²) in [6.45, 7) is 5.30. The van der Waals surface area contributed by atoms with Crippen LogP contribution in [0.15, 0.2) is 24.3 Å². The summed E-state index contributed by atoms with van der Waals surface area (Å²) in [4.78, 5) is 38.6. The Morgan fingerprint density at radius 1 is 1.09 bits per heavy atom. The second kappa shape index (κ2) is 7.06. The molecule has 1 heterocycles. The first-order valence-electron chi connectivity index (χ1n) is 7.36. The van der Waals surface area contributed by atoms with Crippen molar-refractivity contribution in [3.05, 3.63) is 29.8 Å². The SMILES string of the molecule is CCC(=O)N1CCN(C(=O)c2cccc(OC(C)=O)c2)CC1. The van der Waals surface area contributed by atoms with Gasteiger partial charge < -0.3 is 14.5 Å². The van der Waals surface area contributed by atoms with Crippen LogP contribution >= 0.6 is 0 Å². The van der Waals surface area contributed by atoms with E-state index in [-0.39, 0.29) is 11.8 Å². The number of carbonyl (C=O) groups is 3. The van der Waals surface area contributed by atoms with Crippen LogP contribution in [0, 0.1) is 0 Å². The Morgan fingerprint density at radius 2 is 1.73 bits per heavy atom. The van der Waals surface area contributed by atoms with Gasteiger partial charge in [-0.3, -0.25) is 14.4 Å². The number of benzene rings is 1. The van der Waals surface area contributed by atoms with E-state index >= 15 is 0 Å². The second-order valence-corrected chi connectivity index (χ2v) is 5.15. The molecule has 22 heavy (non-hydrogen) atoms. The molecule has 0 N–H and O–H groups in total. The van der Waals surface area contributed by atoms with Crippen molar-refractivity contribution < 1.29 is 19.1 Å². The Morgan fingerprint density at radius 3 is 2.32 bits per heavy atom. The van der Waals surface area contributed by atoms with Crippen molar-refractivity contribution in [2.24, 2.45) is 0 Å². The highest BCUT2D eigenvalue weighted by Gasteiger charge is 2.24. The van der Waals surface area contributed by atoms with E-state index in [0.717, 1.165) is 0 Å². The number of piperazine rings is 1. The van der Waals surface area contributed by atoms with Gasteiger partial charge in [-0.05, 0) is 18.2 Å². The largest absolute Gasteiger partial charge is 0.427 e. The average Bonchev–Trinajstić information content (AvgIpc) is 2.53. The second-order valence-electron chi connectivity index (χ2n) is 5.15. The van der Waals surface area contributed by atoms with Crippen molar-refractivity contribution in [3.8, 4) is 5.75 Å². The molecular formula is C16H20N2O4. The van der Waals surface area contributed by atoms with Crippen LogP contribution in [0.3, 0.4) is 0 Å². The van der Waals surface area contributed by atoms with Crippen LogP contribution in [0.4, 0.5) is 0 Å². The van der Waals surface area contributed by atoms with Gasteiger partial charge in [0.15, 0.2) is 0 Å². The molecule has 1 fully saturated rings. The Bertz CT molecular complexity index is 577. The van der Waals surface area contributed by atoms with Crippen LogP contribution in [0.5, 0.6) is 5.75 Å². The fourth-order valence-electron chi connectivity index (χ4n) is 2.42. The van der Waals surface area contributed by atoms with Crippen LogP contribution < -0.4 is 4.74 Å². The molecule has 0 spiro atoms. The number of ether oxygens (including phenoxy) is 1. The van der Waals surface area contributed by atoms with Crippen LogP contribution in [0.2, 0.25) is 0 Å². The highest BCUT2D eigenvalue weighted by Crippen LogP contribution is 2.16. The van der Waals surface area contributed by atoms with Crippen molar-refractivity contribution in [2.75, 3.05) is 26.2 Å². The minimum absolute atomic E-state index is 0.113. The lowest BCUT2D eigenvalue weighted by atomic mass is 10.1. The zero-order valence-electron chi connectivity index (χ0n) is 12.9. The standard InChI is InChI=1S/C16H20N2O4/c1-3-15(20)17-7-9-18(10-8-17)16(21)13-5-4-6-14(11-13)22-12(2)19/h4-6,11H,3,7-10H2,1-2H3. The summed E-state index contributed by atoms with van der Waals surface area (Å²) in [5, 5.41) is 0. The number of hydrogen-bond donors (Lipinski definition) is 0. The molecule has 1 saturated heterocycles. The predicted molar refractivity (Wildman–Crippen MR) is 80.5 cm³/mol. The summed E-state index contributed by atoms with van der Waals surface area (Å²) in [5.74, 6) is -0.0593. The lowest BCUT2D eigenvalue weighted by Crippen LogP contribution is -2.50. The average molecular weight is 304 g/mol. The predicted octanol–water partition coefficient (Wildman–Crippen LogP) is 1.31. The zero-order valence-corrected chi connectivity index (χ0v) is 12.9. The van der Waals surface area contributed by atoms with Crippen molar-refractivity contribution in [3.63, 3.8) is 0 Å². The minimum atomic E-state index is -0.420. The first kappa shape index (κ1) is 16.0. The van der Waals surface area contributed by atoms with Crippen molar-refractivity contribution in [1.29, 1.82) is 0 Å². The number of hydrogen-bond acceptors (Lipinski definition) is 4. The number of amides is 2. The fourth-order valence-corrected chi connectivity index (χ4v) is 2.42. The summed E-state index contributed by atoms with van der Waals surface area (Å²) in [6.07, 6.45) is 0.485. The summed E-state index contributed by atoms with van der Waals surface area (Å²) in [5.41, 5.74) is 0.481. The van der Waals surface area contributed by atoms with Gasteiger partial charge in [-0.2, -0.15) is 0 Å². The van der Waals surface area contributed by atoms with E-state index in [1.807, 2.05) is 6.92 Å². The molecule has 0 saturated carbocycles. The zero-order chi connectivity index (χ0) is 16.1. The smallest absolute Gasteiger partial charge is 0.308 e. The molecule has 2 amide bonds. The first-order chi connectivity index (χ1) is 10.5. The van der Waals surface area contributed by atoms with Gasteiger partial charge in [-0.1, -0.05) is 13.0 Å². The van der Waals surface area contributed by atoms with E-state index in [1.165, 1.54) is 6.92 Å². The molecule has 1 aromatic carbocycles. The van der Waals surface area contributed by atoms with Crippen molar-refractivity contribution in [2.45, 2.75) is 20.3 Å². The Kier molecular flexibility index (Phi) is 5.14. The molecule has 6 heteroatoms. The van der Waals surface area contributed by atoms with Crippen LogP contribution in [-0.2, 0) is 9.59 Å². The maximum Gasteiger partial charge on any atom is 0.308 e. The van der Waals surface area contributed by atoms with Gasteiger partial charge in [-0.25, -0.2) is 0 Å². The van der Waals surface area contributed by atoms with E-state index in [1.54, 1.807) is 34.1 Å². The molecule has 1 aromatic rings. The highest BCUT2D eigenvalue weighted by atomic mass is 16.5. The molecule has 0 unspecified atom stereocenters. The van der Waals surface area contributed by atoms with E-state index in [9.17, 15) is 14.4 Å². The monoisotopic (exact) mass is 304 g/mol. The summed E-state index contributed by atoms with van der Waals surface area (Å²) >= 11 is 0. The van der Waals surface area contributed by atoms with Gasteiger partial charge in [0, 0.05) is 45.1 Å².